The fourth-order valence-electron chi connectivity index (χ4n) is 2.62. The molecule has 0 aromatic heterocycles. The highest BCUT2D eigenvalue weighted by Gasteiger charge is 2.17. The molecule has 0 heterocycles. The van der Waals surface area contributed by atoms with Gasteiger partial charge in [-0.25, -0.2) is 0 Å². The summed E-state index contributed by atoms with van der Waals surface area (Å²) in [5.74, 6) is -1.13. The normalized spacial score (nSPS) is 11.8. The lowest BCUT2D eigenvalue weighted by atomic mass is 10.0. The maximum Gasteiger partial charge on any atom is 0.305 e. The molecule has 0 aliphatic carbocycles. The van der Waals surface area contributed by atoms with E-state index in [0.29, 0.717) is 11.4 Å². The molecule has 0 aliphatic rings. The summed E-state index contributed by atoms with van der Waals surface area (Å²) in [7, 11) is 0. The zero-order valence-corrected chi connectivity index (χ0v) is 14.2. The summed E-state index contributed by atoms with van der Waals surface area (Å²) in [6, 6.07) is 14.4. The molecule has 0 radical (unpaired) electrons. The van der Waals surface area contributed by atoms with E-state index in [1.165, 1.54) is 0 Å². The molecule has 1 unspecified atom stereocenters. The maximum atomic E-state index is 12.2. The van der Waals surface area contributed by atoms with Gasteiger partial charge in [-0.15, -0.1) is 0 Å². The highest BCUT2D eigenvalue weighted by molar-refractivity contribution is 6.30. The Labute approximate surface area is 146 Å². The van der Waals surface area contributed by atoms with Gasteiger partial charge in [0.15, 0.2) is 0 Å². The molecular weight excluding hydrogens is 326 g/mol. The van der Waals surface area contributed by atoms with Gasteiger partial charge in [0.1, 0.15) is 0 Å². The van der Waals surface area contributed by atoms with Crippen LogP contribution in [0.2, 0.25) is 5.02 Å². The Morgan fingerprint density at radius 1 is 1.12 bits per heavy atom. The summed E-state index contributed by atoms with van der Waals surface area (Å²) in [6.07, 6.45) is 0.520. The van der Waals surface area contributed by atoms with E-state index in [4.69, 9.17) is 16.7 Å². The number of rotatable bonds is 7. The quantitative estimate of drug-likeness (QED) is 0.808. The Hall–Kier alpha value is -2.33. The first-order valence-corrected chi connectivity index (χ1v) is 8.11. The Balaban J connectivity index is 2.02. The van der Waals surface area contributed by atoms with Crippen molar-refractivity contribution in [1.29, 1.82) is 0 Å². The lowest BCUT2D eigenvalue weighted by Crippen LogP contribution is -2.39. The predicted molar refractivity (Wildman–Crippen MR) is 94.2 cm³/mol. The van der Waals surface area contributed by atoms with Gasteiger partial charge in [-0.05, 0) is 36.6 Å². The van der Waals surface area contributed by atoms with Gasteiger partial charge >= 0.3 is 5.97 Å². The van der Waals surface area contributed by atoms with Crippen LogP contribution in [0.15, 0.2) is 48.5 Å². The van der Waals surface area contributed by atoms with Crippen molar-refractivity contribution in [3.05, 3.63) is 70.2 Å². The number of nitrogens with one attached hydrogen (secondary N) is 1. The van der Waals surface area contributed by atoms with Gasteiger partial charge in [0.05, 0.1) is 12.8 Å². The molecule has 0 aliphatic heterocycles. The molecule has 4 nitrogen and oxygen atoms in total. The van der Waals surface area contributed by atoms with E-state index in [1.54, 1.807) is 12.1 Å². The minimum Gasteiger partial charge on any atom is -0.481 e. The number of carboxylic acids is 1. The number of hydrogen-bond donors (Lipinski definition) is 2. The topological polar surface area (TPSA) is 66.4 Å². The van der Waals surface area contributed by atoms with Gasteiger partial charge in [0.2, 0.25) is 5.91 Å². The van der Waals surface area contributed by atoms with Crippen molar-refractivity contribution in [1.82, 2.24) is 5.32 Å². The summed E-state index contributed by atoms with van der Waals surface area (Å²) < 4.78 is 0. The van der Waals surface area contributed by atoms with Gasteiger partial charge in [-0.1, -0.05) is 53.6 Å². The van der Waals surface area contributed by atoms with Gasteiger partial charge in [-0.2, -0.15) is 0 Å². The van der Waals surface area contributed by atoms with Gasteiger partial charge in [0.25, 0.3) is 0 Å². The first kappa shape index (κ1) is 18.0. The minimum atomic E-state index is -0.946. The van der Waals surface area contributed by atoms with Crippen molar-refractivity contribution in [3.8, 4) is 0 Å². The molecular formula is C19H20ClNO3. The second-order valence-corrected chi connectivity index (χ2v) is 6.30. The van der Waals surface area contributed by atoms with Crippen LogP contribution in [-0.2, 0) is 22.4 Å². The fraction of sp³-hybridized carbons (Fsp3) is 0.263. The Kier molecular flexibility index (Phi) is 6.38. The molecule has 5 heteroatoms. The standard InChI is InChI=1S/C19H20ClNO3/c1-13-4-2-5-14(8-13)11-18(22)21-17(12-19(23)24)10-15-6-3-7-16(20)9-15/h2-9,17H,10-12H2,1H3,(H,21,22)(H,23,24). The van der Waals surface area contributed by atoms with Crippen LogP contribution in [0.25, 0.3) is 0 Å². The van der Waals surface area contributed by atoms with Crippen LogP contribution in [0.3, 0.4) is 0 Å². The van der Waals surface area contributed by atoms with E-state index >= 15 is 0 Å². The number of carbonyl (C=O) groups is 2. The number of benzene rings is 2. The van der Waals surface area contributed by atoms with Crippen LogP contribution in [0.1, 0.15) is 23.1 Å². The number of halogens is 1. The van der Waals surface area contributed by atoms with E-state index in [0.717, 1.165) is 16.7 Å². The second-order valence-electron chi connectivity index (χ2n) is 5.86. The summed E-state index contributed by atoms with van der Waals surface area (Å²) in [5, 5.41) is 12.5. The van der Waals surface area contributed by atoms with E-state index in [9.17, 15) is 9.59 Å². The molecule has 2 aromatic carbocycles. The van der Waals surface area contributed by atoms with Gasteiger partial charge in [-0.3, -0.25) is 9.59 Å². The summed E-state index contributed by atoms with van der Waals surface area (Å²) in [4.78, 5) is 23.3. The lowest BCUT2D eigenvalue weighted by Gasteiger charge is -2.17. The number of aliphatic carboxylic acids is 1. The molecule has 0 spiro atoms. The second kappa shape index (κ2) is 8.50. The fourth-order valence-corrected chi connectivity index (χ4v) is 2.83. The molecule has 0 saturated heterocycles. The highest BCUT2D eigenvalue weighted by atomic mass is 35.5. The number of amides is 1. The van der Waals surface area contributed by atoms with Crippen molar-refractivity contribution < 1.29 is 14.7 Å². The van der Waals surface area contributed by atoms with E-state index in [2.05, 4.69) is 5.32 Å². The van der Waals surface area contributed by atoms with Crippen molar-refractivity contribution in [3.63, 3.8) is 0 Å². The van der Waals surface area contributed by atoms with Crippen molar-refractivity contribution >= 4 is 23.5 Å². The predicted octanol–water partition coefficient (Wildman–Crippen LogP) is 3.39. The largest absolute Gasteiger partial charge is 0.481 e. The third-order valence-corrected chi connectivity index (χ3v) is 3.84. The molecule has 2 rings (SSSR count). The van der Waals surface area contributed by atoms with Crippen molar-refractivity contribution in [2.45, 2.75) is 32.2 Å². The number of carboxylic acid groups (broad SMARTS) is 1. The minimum absolute atomic E-state index is 0.133. The van der Waals surface area contributed by atoms with Gasteiger partial charge in [0, 0.05) is 11.1 Å². The van der Waals surface area contributed by atoms with Crippen LogP contribution in [0.4, 0.5) is 0 Å². The number of hydrogen-bond acceptors (Lipinski definition) is 2. The van der Waals surface area contributed by atoms with Crippen LogP contribution >= 0.6 is 11.6 Å². The van der Waals surface area contributed by atoms with E-state index in [-0.39, 0.29) is 18.7 Å². The first-order chi connectivity index (χ1) is 11.4. The summed E-state index contributed by atoms with van der Waals surface area (Å²) in [6.45, 7) is 1.97. The highest BCUT2D eigenvalue weighted by Crippen LogP contribution is 2.14. The Bertz CT molecular complexity index is 730. The smallest absolute Gasteiger partial charge is 0.305 e. The summed E-state index contributed by atoms with van der Waals surface area (Å²) >= 11 is 5.96. The SMILES string of the molecule is Cc1cccc(CC(=O)NC(CC(=O)O)Cc2cccc(Cl)c2)c1. The molecule has 2 N–H and O–H groups in total. The molecule has 0 saturated carbocycles. The average Bonchev–Trinajstić information content (AvgIpc) is 2.46. The van der Waals surface area contributed by atoms with E-state index < -0.39 is 12.0 Å². The summed E-state index contributed by atoms with van der Waals surface area (Å²) in [5.41, 5.74) is 2.88. The third kappa shape index (κ3) is 6.05. The maximum absolute atomic E-state index is 12.2. The van der Waals surface area contributed by atoms with E-state index in [1.807, 2.05) is 43.3 Å². The van der Waals surface area contributed by atoms with Crippen LogP contribution < -0.4 is 5.32 Å². The number of aryl methyl sites for hydroxylation is 1. The Morgan fingerprint density at radius 2 is 1.83 bits per heavy atom. The van der Waals surface area contributed by atoms with Crippen LogP contribution in [0, 0.1) is 6.92 Å². The van der Waals surface area contributed by atoms with Crippen LogP contribution in [-0.4, -0.2) is 23.0 Å². The Morgan fingerprint density at radius 3 is 2.50 bits per heavy atom. The molecule has 1 amide bonds. The molecule has 2 aromatic rings. The molecule has 1 atom stereocenters. The monoisotopic (exact) mass is 345 g/mol. The molecule has 126 valence electrons. The van der Waals surface area contributed by atoms with Gasteiger partial charge < -0.3 is 10.4 Å². The van der Waals surface area contributed by atoms with Crippen LogP contribution in [0.5, 0.6) is 0 Å². The van der Waals surface area contributed by atoms with Crippen molar-refractivity contribution in [2.24, 2.45) is 0 Å². The first-order valence-electron chi connectivity index (χ1n) is 7.73. The molecule has 0 fully saturated rings. The molecule has 0 bridgehead atoms. The molecule has 24 heavy (non-hydrogen) atoms. The van der Waals surface area contributed by atoms with Crippen molar-refractivity contribution in [2.75, 3.05) is 0 Å². The zero-order chi connectivity index (χ0) is 17.5. The lowest BCUT2D eigenvalue weighted by molar-refractivity contribution is -0.137. The number of carbonyl (C=O) groups excluding carboxylic acids is 1. The third-order valence-electron chi connectivity index (χ3n) is 3.60. The zero-order valence-electron chi connectivity index (χ0n) is 13.5. The average molecular weight is 346 g/mol.